The van der Waals surface area contributed by atoms with Gasteiger partial charge in [0.1, 0.15) is 5.78 Å². The molecule has 0 aliphatic rings. The molecule has 128 valence electrons. The molecule has 1 rings (SSSR count). The number of phenolic OH excluding ortho intramolecular Hbond substituents is 2. The number of hydrogen-bond donors (Lipinski definition) is 5. The zero-order chi connectivity index (χ0) is 17.2. The Morgan fingerprint density at radius 2 is 1.87 bits per heavy atom. The molecule has 1 atom stereocenters. The van der Waals surface area contributed by atoms with Gasteiger partial charge in [-0.25, -0.2) is 0 Å². The van der Waals surface area contributed by atoms with Crippen molar-refractivity contribution in [3.05, 3.63) is 23.8 Å². The molecular weight excluding hydrogens is 298 g/mol. The van der Waals surface area contributed by atoms with Crippen molar-refractivity contribution in [1.29, 1.82) is 0 Å². The number of unbranched alkanes of at least 4 members (excludes halogenated alkanes) is 1. The second-order valence-corrected chi connectivity index (χ2v) is 5.50. The van der Waals surface area contributed by atoms with E-state index in [-0.39, 0.29) is 29.6 Å². The molecule has 7 N–H and O–H groups in total. The minimum absolute atomic E-state index is 0.0660. The van der Waals surface area contributed by atoms with Crippen molar-refractivity contribution in [3.63, 3.8) is 0 Å². The first-order chi connectivity index (χ1) is 10.9. The third-order valence-corrected chi connectivity index (χ3v) is 3.39. The molecule has 0 aliphatic heterocycles. The molecule has 0 fully saturated rings. The van der Waals surface area contributed by atoms with Gasteiger partial charge in [-0.2, -0.15) is 0 Å². The Labute approximate surface area is 135 Å². The first-order valence-electron chi connectivity index (χ1n) is 7.70. The van der Waals surface area contributed by atoms with Crippen LogP contribution in [0.2, 0.25) is 0 Å². The van der Waals surface area contributed by atoms with Gasteiger partial charge in [-0.1, -0.05) is 6.07 Å². The van der Waals surface area contributed by atoms with Gasteiger partial charge in [0.2, 0.25) is 5.91 Å². The van der Waals surface area contributed by atoms with E-state index >= 15 is 0 Å². The maximum atomic E-state index is 11.8. The standard InChI is InChI=1S/C16H25N3O4/c17-8-7-12(20)3-1-2-4-15(18)19-16(23)10-11-5-6-13(21)14(22)9-11/h5-6,9,15,21-22H,1-4,7-8,10,17-18H2,(H,19,23). The highest BCUT2D eigenvalue weighted by atomic mass is 16.3. The molecule has 7 heteroatoms. The van der Waals surface area contributed by atoms with Gasteiger partial charge in [0, 0.05) is 12.8 Å². The molecule has 0 bridgehead atoms. The van der Waals surface area contributed by atoms with E-state index < -0.39 is 6.17 Å². The third kappa shape index (κ3) is 7.62. The van der Waals surface area contributed by atoms with E-state index in [1.54, 1.807) is 6.07 Å². The van der Waals surface area contributed by atoms with Crippen LogP contribution in [0.5, 0.6) is 11.5 Å². The molecule has 1 aromatic carbocycles. The van der Waals surface area contributed by atoms with Crippen LogP contribution in [-0.2, 0) is 16.0 Å². The number of phenols is 2. The quantitative estimate of drug-likeness (QED) is 0.242. The Morgan fingerprint density at radius 3 is 2.52 bits per heavy atom. The van der Waals surface area contributed by atoms with Gasteiger partial charge in [-0.15, -0.1) is 0 Å². The van der Waals surface area contributed by atoms with Crippen LogP contribution in [0, 0.1) is 0 Å². The van der Waals surface area contributed by atoms with Crippen molar-refractivity contribution in [3.8, 4) is 11.5 Å². The van der Waals surface area contributed by atoms with Crippen LogP contribution in [0.3, 0.4) is 0 Å². The van der Waals surface area contributed by atoms with E-state index in [1.165, 1.54) is 12.1 Å². The molecule has 0 heterocycles. The van der Waals surface area contributed by atoms with E-state index in [4.69, 9.17) is 11.5 Å². The molecule has 0 aromatic heterocycles. The summed E-state index contributed by atoms with van der Waals surface area (Å²) in [6, 6.07) is 4.23. The fraction of sp³-hybridized carbons (Fsp3) is 0.500. The predicted molar refractivity (Wildman–Crippen MR) is 86.7 cm³/mol. The first-order valence-corrected chi connectivity index (χ1v) is 7.70. The number of Topliss-reactive ketones (excluding diaryl/α,β-unsaturated/α-hetero) is 1. The number of carbonyl (C=O) groups is 2. The van der Waals surface area contributed by atoms with Gasteiger partial charge in [-0.3, -0.25) is 9.59 Å². The van der Waals surface area contributed by atoms with E-state index in [2.05, 4.69) is 5.32 Å². The number of amides is 1. The highest BCUT2D eigenvalue weighted by Gasteiger charge is 2.10. The van der Waals surface area contributed by atoms with Crippen LogP contribution in [0.1, 0.15) is 37.7 Å². The Morgan fingerprint density at radius 1 is 1.13 bits per heavy atom. The Kier molecular flexibility index (Phi) is 8.07. The molecule has 23 heavy (non-hydrogen) atoms. The van der Waals surface area contributed by atoms with E-state index in [9.17, 15) is 19.8 Å². The molecule has 0 radical (unpaired) electrons. The summed E-state index contributed by atoms with van der Waals surface area (Å²) in [6.45, 7) is 0.376. The molecule has 1 aromatic rings. The van der Waals surface area contributed by atoms with E-state index in [0.29, 0.717) is 31.4 Å². The SMILES string of the molecule is NCCC(=O)CCCCC(N)NC(=O)Cc1ccc(O)c(O)c1. The Balaban J connectivity index is 2.25. The number of rotatable bonds is 10. The van der Waals surface area contributed by atoms with Gasteiger partial charge in [0.15, 0.2) is 11.5 Å². The molecule has 1 amide bonds. The molecule has 0 saturated carbocycles. The lowest BCUT2D eigenvalue weighted by molar-refractivity contribution is -0.121. The number of nitrogens with one attached hydrogen (secondary N) is 1. The zero-order valence-electron chi connectivity index (χ0n) is 13.1. The van der Waals surface area contributed by atoms with Crippen LogP contribution in [0.4, 0.5) is 0 Å². The minimum Gasteiger partial charge on any atom is -0.504 e. The van der Waals surface area contributed by atoms with Gasteiger partial charge in [0.05, 0.1) is 12.6 Å². The highest BCUT2D eigenvalue weighted by molar-refractivity contribution is 5.79. The normalized spacial score (nSPS) is 11.9. The molecule has 0 spiro atoms. The number of nitrogens with two attached hydrogens (primary N) is 2. The number of benzene rings is 1. The summed E-state index contributed by atoms with van der Waals surface area (Å²) in [7, 11) is 0. The summed E-state index contributed by atoms with van der Waals surface area (Å²) in [6.07, 6.45) is 2.55. The minimum atomic E-state index is -0.474. The van der Waals surface area contributed by atoms with Crippen molar-refractivity contribution in [1.82, 2.24) is 5.32 Å². The predicted octanol–water partition coefficient (Wildman–Crippen LogP) is 0.520. The molecule has 0 saturated heterocycles. The number of carbonyl (C=O) groups excluding carboxylic acids is 2. The van der Waals surface area contributed by atoms with Crippen LogP contribution in [0.25, 0.3) is 0 Å². The maximum Gasteiger partial charge on any atom is 0.225 e. The van der Waals surface area contributed by atoms with Crippen LogP contribution < -0.4 is 16.8 Å². The average Bonchev–Trinajstić information content (AvgIpc) is 2.47. The largest absolute Gasteiger partial charge is 0.504 e. The van der Waals surface area contributed by atoms with Crippen LogP contribution in [0.15, 0.2) is 18.2 Å². The van der Waals surface area contributed by atoms with E-state index in [0.717, 1.165) is 12.8 Å². The zero-order valence-corrected chi connectivity index (χ0v) is 13.1. The number of ketones is 1. The van der Waals surface area contributed by atoms with Crippen LogP contribution >= 0.6 is 0 Å². The topological polar surface area (TPSA) is 139 Å². The first kappa shape index (κ1) is 18.9. The fourth-order valence-corrected chi connectivity index (χ4v) is 2.17. The summed E-state index contributed by atoms with van der Waals surface area (Å²) in [5.74, 6) is -0.601. The lowest BCUT2D eigenvalue weighted by Crippen LogP contribution is -2.42. The Hall–Kier alpha value is -2.12. The lowest BCUT2D eigenvalue weighted by atomic mass is 10.1. The maximum absolute atomic E-state index is 11.8. The summed E-state index contributed by atoms with van der Waals surface area (Å²) < 4.78 is 0. The summed E-state index contributed by atoms with van der Waals surface area (Å²) in [5, 5.41) is 21.3. The molecule has 0 aliphatic carbocycles. The monoisotopic (exact) mass is 323 g/mol. The van der Waals surface area contributed by atoms with Crippen molar-refractivity contribution < 1.29 is 19.8 Å². The van der Waals surface area contributed by atoms with Crippen molar-refractivity contribution in [2.24, 2.45) is 11.5 Å². The second-order valence-electron chi connectivity index (χ2n) is 5.50. The third-order valence-electron chi connectivity index (χ3n) is 3.39. The van der Waals surface area contributed by atoms with Gasteiger partial charge in [0.25, 0.3) is 0 Å². The Bertz CT molecular complexity index is 534. The smallest absolute Gasteiger partial charge is 0.225 e. The molecule has 7 nitrogen and oxygen atoms in total. The van der Waals surface area contributed by atoms with Crippen molar-refractivity contribution >= 4 is 11.7 Å². The van der Waals surface area contributed by atoms with Crippen molar-refractivity contribution in [2.75, 3.05) is 6.54 Å². The van der Waals surface area contributed by atoms with Gasteiger partial charge >= 0.3 is 0 Å². The summed E-state index contributed by atoms with van der Waals surface area (Å²) in [5.41, 5.74) is 11.7. The summed E-state index contributed by atoms with van der Waals surface area (Å²) in [4.78, 5) is 23.1. The average molecular weight is 323 g/mol. The number of hydrogen-bond acceptors (Lipinski definition) is 6. The highest BCUT2D eigenvalue weighted by Crippen LogP contribution is 2.24. The van der Waals surface area contributed by atoms with Crippen molar-refractivity contribution in [2.45, 2.75) is 44.7 Å². The molecule has 1 unspecified atom stereocenters. The van der Waals surface area contributed by atoms with Gasteiger partial charge < -0.3 is 27.0 Å². The number of aromatic hydroxyl groups is 2. The van der Waals surface area contributed by atoms with E-state index in [1.807, 2.05) is 0 Å². The van der Waals surface area contributed by atoms with Gasteiger partial charge in [-0.05, 0) is 43.5 Å². The lowest BCUT2D eigenvalue weighted by Gasteiger charge is -2.14. The van der Waals surface area contributed by atoms with Crippen LogP contribution in [-0.4, -0.2) is 34.6 Å². The fourth-order valence-electron chi connectivity index (χ4n) is 2.17. The second kappa shape index (κ2) is 9.81. The summed E-state index contributed by atoms with van der Waals surface area (Å²) >= 11 is 0. The molecular formula is C16H25N3O4.